The Hall–Kier alpha value is -1.22. The number of hydrogen-bond acceptors (Lipinski definition) is 4. The van der Waals surface area contributed by atoms with E-state index in [1.54, 1.807) is 5.32 Å². The summed E-state index contributed by atoms with van der Waals surface area (Å²) in [4.78, 5) is 20.1. The molecule has 0 saturated heterocycles. The molecule has 2 N–H and O–H groups in total. The normalized spacial score (nSPS) is 14.8. The first-order valence-corrected chi connectivity index (χ1v) is 6.93. The van der Waals surface area contributed by atoms with Gasteiger partial charge in [-0.25, -0.2) is 4.39 Å². The number of hydrogen-bond donors (Lipinski definition) is 2. The zero-order chi connectivity index (χ0) is 14.5. The van der Waals surface area contributed by atoms with Crippen LogP contribution in [0.3, 0.4) is 0 Å². The first-order valence-electron chi connectivity index (χ1n) is 4.62. The van der Waals surface area contributed by atoms with Crippen LogP contribution < -0.4 is 5.32 Å². The molecule has 1 aromatic carbocycles. The molecule has 102 valence electrons. The van der Waals surface area contributed by atoms with Gasteiger partial charge in [0.1, 0.15) is 15.5 Å². The summed E-state index contributed by atoms with van der Waals surface area (Å²) < 4.78 is 45.5. The SMILES string of the molecule is O=C1NC(=O)c2c1cc(F)c(C(Cl)Cl)c2S(=O)(=O)O. The van der Waals surface area contributed by atoms with Crippen LogP contribution in [0.1, 0.15) is 31.1 Å². The second-order valence-electron chi connectivity index (χ2n) is 3.58. The molecule has 1 heterocycles. The molecule has 6 nitrogen and oxygen atoms in total. The van der Waals surface area contributed by atoms with Crippen molar-refractivity contribution >= 4 is 45.1 Å². The van der Waals surface area contributed by atoms with Gasteiger partial charge in [0.15, 0.2) is 0 Å². The van der Waals surface area contributed by atoms with E-state index < -0.39 is 54.2 Å². The smallest absolute Gasteiger partial charge is 0.288 e. The van der Waals surface area contributed by atoms with Gasteiger partial charge in [-0.05, 0) is 6.07 Å². The van der Waals surface area contributed by atoms with Crippen LogP contribution in [0, 0.1) is 5.82 Å². The predicted octanol–water partition coefficient (Wildman–Crippen LogP) is 1.43. The third-order valence-corrected chi connectivity index (χ3v) is 3.82. The van der Waals surface area contributed by atoms with Gasteiger partial charge >= 0.3 is 0 Å². The summed E-state index contributed by atoms with van der Waals surface area (Å²) in [6.07, 6.45) is 0. The number of alkyl halides is 2. The van der Waals surface area contributed by atoms with Crippen molar-refractivity contribution in [2.24, 2.45) is 0 Å². The fraction of sp³-hybridized carbons (Fsp3) is 0.111. The fourth-order valence-corrected chi connectivity index (χ4v) is 3.26. The summed E-state index contributed by atoms with van der Waals surface area (Å²) in [5, 5.41) is 1.78. The molecule has 0 fully saturated rings. The highest BCUT2D eigenvalue weighted by Gasteiger charge is 2.38. The highest BCUT2D eigenvalue weighted by Crippen LogP contribution is 2.37. The Morgan fingerprint density at radius 3 is 2.32 bits per heavy atom. The van der Waals surface area contributed by atoms with Gasteiger partial charge < -0.3 is 0 Å². The number of carbonyl (C=O) groups excluding carboxylic acids is 2. The van der Waals surface area contributed by atoms with E-state index in [4.69, 9.17) is 27.8 Å². The molecule has 0 radical (unpaired) electrons. The van der Waals surface area contributed by atoms with E-state index in [9.17, 15) is 22.4 Å². The molecule has 0 spiro atoms. The first-order chi connectivity index (χ1) is 8.64. The molecule has 1 aliphatic heterocycles. The Kier molecular flexibility index (Phi) is 3.29. The van der Waals surface area contributed by atoms with Crippen molar-refractivity contribution in [3.63, 3.8) is 0 Å². The number of imide groups is 1. The molecule has 2 rings (SSSR count). The number of nitrogens with one attached hydrogen (secondary N) is 1. The third-order valence-electron chi connectivity index (χ3n) is 2.44. The van der Waals surface area contributed by atoms with E-state index in [0.717, 1.165) is 0 Å². The highest BCUT2D eigenvalue weighted by atomic mass is 35.5. The number of halogens is 3. The predicted molar refractivity (Wildman–Crippen MR) is 62.5 cm³/mol. The molecule has 1 aliphatic rings. The minimum Gasteiger partial charge on any atom is -0.288 e. The van der Waals surface area contributed by atoms with Crippen LogP contribution >= 0.6 is 23.2 Å². The standard InChI is InChI=1S/C9H4Cl2FNO5S/c10-7(11)5-3(12)1-2-4(6(5)19(16,17)18)9(15)13-8(2)14/h1,7H,(H,13,14,15)(H,16,17,18). The summed E-state index contributed by atoms with van der Waals surface area (Å²) in [6.45, 7) is 0. The summed E-state index contributed by atoms with van der Waals surface area (Å²) in [5.74, 6) is -3.27. The van der Waals surface area contributed by atoms with Crippen LogP contribution in [0.4, 0.5) is 4.39 Å². The van der Waals surface area contributed by atoms with Crippen LogP contribution in [0.25, 0.3) is 0 Å². The number of rotatable bonds is 2. The third kappa shape index (κ3) is 2.20. The van der Waals surface area contributed by atoms with Crippen LogP contribution in [0.5, 0.6) is 0 Å². The summed E-state index contributed by atoms with van der Waals surface area (Å²) in [6, 6.07) is 0.636. The second-order valence-corrected chi connectivity index (χ2v) is 6.04. The first kappa shape index (κ1) is 14.2. The van der Waals surface area contributed by atoms with Gasteiger partial charge in [0.05, 0.1) is 11.1 Å². The van der Waals surface area contributed by atoms with E-state index in [1.165, 1.54) is 0 Å². The van der Waals surface area contributed by atoms with Gasteiger partial charge in [0, 0.05) is 5.56 Å². The van der Waals surface area contributed by atoms with E-state index in [2.05, 4.69) is 0 Å². The van der Waals surface area contributed by atoms with Crippen LogP contribution in [0.15, 0.2) is 11.0 Å². The van der Waals surface area contributed by atoms with Crippen LogP contribution in [-0.2, 0) is 10.1 Å². The van der Waals surface area contributed by atoms with Crippen molar-refractivity contribution < 1.29 is 27.0 Å². The molecule has 0 unspecified atom stereocenters. The van der Waals surface area contributed by atoms with Gasteiger partial charge in [-0.1, -0.05) is 23.2 Å². The Morgan fingerprint density at radius 2 is 1.84 bits per heavy atom. The largest absolute Gasteiger partial charge is 0.295 e. The summed E-state index contributed by atoms with van der Waals surface area (Å²) in [5.41, 5.74) is -1.96. The number of fused-ring (bicyclic) bond motifs is 1. The van der Waals surface area contributed by atoms with Gasteiger partial charge in [-0.3, -0.25) is 19.5 Å². The number of carbonyl (C=O) groups is 2. The monoisotopic (exact) mass is 327 g/mol. The number of benzene rings is 1. The van der Waals surface area contributed by atoms with Crippen molar-refractivity contribution in [1.82, 2.24) is 5.32 Å². The molecule has 0 saturated carbocycles. The zero-order valence-electron chi connectivity index (χ0n) is 8.78. The van der Waals surface area contributed by atoms with Crippen molar-refractivity contribution in [2.75, 3.05) is 0 Å². The Labute approximate surface area is 116 Å². The molecule has 0 bridgehead atoms. The summed E-state index contributed by atoms with van der Waals surface area (Å²) in [7, 11) is -5.00. The van der Waals surface area contributed by atoms with Gasteiger partial charge in [0.25, 0.3) is 21.9 Å². The molecule has 2 amide bonds. The van der Waals surface area contributed by atoms with Crippen molar-refractivity contribution in [1.29, 1.82) is 0 Å². The quantitative estimate of drug-likeness (QED) is 0.486. The van der Waals surface area contributed by atoms with E-state index >= 15 is 0 Å². The molecule has 0 atom stereocenters. The molecule has 0 aliphatic carbocycles. The minimum absolute atomic E-state index is 0.507. The lowest BCUT2D eigenvalue weighted by Gasteiger charge is -2.12. The highest BCUT2D eigenvalue weighted by molar-refractivity contribution is 7.86. The maximum Gasteiger partial charge on any atom is 0.295 e. The lowest BCUT2D eigenvalue weighted by molar-refractivity contribution is 0.0878. The molecule has 1 aromatic rings. The number of amides is 2. The maximum atomic E-state index is 13.8. The van der Waals surface area contributed by atoms with Crippen molar-refractivity contribution in [3.05, 3.63) is 28.6 Å². The maximum absolute atomic E-state index is 13.8. The molecule has 19 heavy (non-hydrogen) atoms. The molecule has 0 aromatic heterocycles. The minimum atomic E-state index is -5.00. The Balaban J connectivity index is 3.00. The molecular formula is C9H4Cl2FNO5S. The lowest BCUT2D eigenvalue weighted by Crippen LogP contribution is -2.21. The van der Waals surface area contributed by atoms with E-state index in [0.29, 0.717) is 6.07 Å². The van der Waals surface area contributed by atoms with Gasteiger partial charge in [-0.15, -0.1) is 0 Å². The lowest BCUT2D eigenvalue weighted by atomic mass is 10.1. The van der Waals surface area contributed by atoms with Crippen LogP contribution in [0.2, 0.25) is 0 Å². The Bertz CT molecular complexity index is 716. The molecule has 10 heteroatoms. The van der Waals surface area contributed by atoms with Gasteiger partial charge in [0.2, 0.25) is 0 Å². The Morgan fingerprint density at radius 1 is 1.26 bits per heavy atom. The average Bonchev–Trinajstić information content (AvgIpc) is 2.50. The molecular weight excluding hydrogens is 324 g/mol. The van der Waals surface area contributed by atoms with Crippen molar-refractivity contribution in [3.8, 4) is 0 Å². The average molecular weight is 328 g/mol. The van der Waals surface area contributed by atoms with Crippen molar-refractivity contribution in [2.45, 2.75) is 9.73 Å². The summed E-state index contributed by atoms with van der Waals surface area (Å²) >= 11 is 10.9. The topological polar surface area (TPSA) is 101 Å². The fourth-order valence-electron chi connectivity index (χ4n) is 1.75. The zero-order valence-corrected chi connectivity index (χ0v) is 11.1. The van der Waals surface area contributed by atoms with Gasteiger partial charge in [-0.2, -0.15) is 8.42 Å². The van der Waals surface area contributed by atoms with Crippen LogP contribution in [-0.4, -0.2) is 24.8 Å². The van der Waals surface area contributed by atoms with E-state index in [1.807, 2.05) is 0 Å². The second kappa shape index (κ2) is 4.41. The van der Waals surface area contributed by atoms with E-state index in [-0.39, 0.29) is 0 Å².